The Kier molecular flexibility index (Phi) is 6.53. The van der Waals surface area contributed by atoms with E-state index in [2.05, 4.69) is 5.32 Å². The molecule has 0 fully saturated rings. The lowest BCUT2D eigenvalue weighted by atomic mass is 10.2. The predicted molar refractivity (Wildman–Crippen MR) is 96.3 cm³/mol. The Morgan fingerprint density at radius 3 is 2.76 bits per heavy atom. The largest absolute Gasteiger partial charge is 0.486 e. The van der Waals surface area contributed by atoms with E-state index in [4.69, 9.17) is 25.8 Å². The van der Waals surface area contributed by atoms with Gasteiger partial charge < -0.3 is 24.6 Å². The maximum atomic E-state index is 9.99. The standard InChI is InChI=1S/C19H22ClNO4/c20-17-6-2-1-5-14(17)11-23-12-15(22)9-21-10-16-13-24-18-7-3-4-8-19(18)25-16/h1-8,15-16,21-22H,9-13H2/t15-,16+/m1/s1. The third-order valence-electron chi connectivity index (χ3n) is 3.85. The minimum atomic E-state index is -0.598. The molecule has 2 aromatic carbocycles. The van der Waals surface area contributed by atoms with E-state index in [0.717, 1.165) is 17.1 Å². The fourth-order valence-electron chi connectivity index (χ4n) is 2.55. The van der Waals surface area contributed by atoms with Gasteiger partial charge >= 0.3 is 0 Å². The van der Waals surface area contributed by atoms with Crippen molar-refractivity contribution in [1.29, 1.82) is 0 Å². The molecule has 0 spiro atoms. The van der Waals surface area contributed by atoms with Gasteiger partial charge in [0.2, 0.25) is 0 Å². The van der Waals surface area contributed by atoms with E-state index in [-0.39, 0.29) is 12.7 Å². The van der Waals surface area contributed by atoms with Crippen molar-refractivity contribution in [3.63, 3.8) is 0 Å². The topological polar surface area (TPSA) is 60.0 Å². The van der Waals surface area contributed by atoms with E-state index >= 15 is 0 Å². The van der Waals surface area contributed by atoms with Crippen molar-refractivity contribution in [1.82, 2.24) is 5.32 Å². The van der Waals surface area contributed by atoms with Gasteiger partial charge in [0.15, 0.2) is 11.5 Å². The summed E-state index contributed by atoms with van der Waals surface area (Å²) in [5.74, 6) is 1.52. The molecule has 2 aromatic rings. The van der Waals surface area contributed by atoms with Crippen LogP contribution in [0.25, 0.3) is 0 Å². The van der Waals surface area contributed by atoms with E-state index in [9.17, 15) is 5.11 Å². The molecule has 1 aliphatic rings. The van der Waals surface area contributed by atoms with Crippen molar-refractivity contribution in [3.05, 3.63) is 59.1 Å². The molecule has 0 bridgehead atoms. The molecule has 5 nitrogen and oxygen atoms in total. The van der Waals surface area contributed by atoms with Crippen molar-refractivity contribution in [3.8, 4) is 11.5 Å². The van der Waals surface area contributed by atoms with Gasteiger partial charge in [0.05, 0.1) is 19.3 Å². The molecule has 0 radical (unpaired) electrons. The van der Waals surface area contributed by atoms with Gasteiger partial charge in [-0.25, -0.2) is 0 Å². The number of aliphatic hydroxyl groups excluding tert-OH is 1. The number of aliphatic hydroxyl groups is 1. The van der Waals surface area contributed by atoms with Gasteiger partial charge in [-0.3, -0.25) is 0 Å². The first-order valence-corrected chi connectivity index (χ1v) is 8.68. The molecule has 2 atom stereocenters. The Morgan fingerprint density at radius 1 is 1.16 bits per heavy atom. The fraction of sp³-hybridized carbons (Fsp3) is 0.368. The normalized spacial score (nSPS) is 17.3. The third kappa shape index (κ3) is 5.34. The van der Waals surface area contributed by atoms with E-state index in [1.807, 2.05) is 48.5 Å². The monoisotopic (exact) mass is 363 g/mol. The predicted octanol–water partition coefficient (Wildman–Crippen LogP) is 2.65. The van der Waals surface area contributed by atoms with Crippen LogP contribution in [0.4, 0.5) is 0 Å². The third-order valence-corrected chi connectivity index (χ3v) is 4.21. The maximum absolute atomic E-state index is 9.99. The fourth-order valence-corrected chi connectivity index (χ4v) is 2.74. The summed E-state index contributed by atoms with van der Waals surface area (Å²) in [6.45, 7) is 2.12. The second kappa shape index (κ2) is 9.06. The van der Waals surface area contributed by atoms with Crippen LogP contribution in [-0.4, -0.2) is 43.6 Å². The van der Waals surface area contributed by atoms with Crippen molar-refractivity contribution in [2.24, 2.45) is 0 Å². The highest BCUT2D eigenvalue weighted by Gasteiger charge is 2.20. The average Bonchev–Trinajstić information content (AvgIpc) is 2.63. The molecule has 0 aliphatic carbocycles. The molecule has 2 N–H and O–H groups in total. The highest BCUT2D eigenvalue weighted by Crippen LogP contribution is 2.30. The van der Waals surface area contributed by atoms with Crippen LogP contribution in [0, 0.1) is 0 Å². The lowest BCUT2D eigenvalue weighted by Gasteiger charge is -2.27. The van der Waals surface area contributed by atoms with Crippen molar-refractivity contribution in [2.45, 2.75) is 18.8 Å². The first kappa shape index (κ1) is 18.0. The molecule has 0 unspecified atom stereocenters. The molecular weight excluding hydrogens is 342 g/mol. The zero-order valence-corrected chi connectivity index (χ0v) is 14.6. The minimum absolute atomic E-state index is 0.0776. The second-order valence-electron chi connectivity index (χ2n) is 5.92. The summed E-state index contributed by atoms with van der Waals surface area (Å²) in [5.41, 5.74) is 0.913. The number of halogens is 1. The van der Waals surface area contributed by atoms with Gasteiger partial charge in [0, 0.05) is 18.1 Å². The van der Waals surface area contributed by atoms with Crippen LogP contribution in [0.5, 0.6) is 11.5 Å². The van der Waals surface area contributed by atoms with E-state index in [0.29, 0.717) is 31.3 Å². The van der Waals surface area contributed by atoms with Crippen LogP contribution >= 0.6 is 11.6 Å². The summed E-state index contributed by atoms with van der Waals surface area (Å²) >= 11 is 6.06. The molecule has 1 heterocycles. The summed E-state index contributed by atoms with van der Waals surface area (Å²) in [6, 6.07) is 15.1. The Bertz CT molecular complexity index is 682. The summed E-state index contributed by atoms with van der Waals surface area (Å²) in [7, 11) is 0. The Hall–Kier alpha value is -1.79. The molecule has 0 saturated heterocycles. The zero-order chi connectivity index (χ0) is 17.5. The number of fused-ring (bicyclic) bond motifs is 1. The summed E-state index contributed by atoms with van der Waals surface area (Å²) < 4.78 is 17.0. The highest BCUT2D eigenvalue weighted by atomic mass is 35.5. The second-order valence-corrected chi connectivity index (χ2v) is 6.32. The number of hydrogen-bond donors (Lipinski definition) is 2. The molecule has 25 heavy (non-hydrogen) atoms. The maximum Gasteiger partial charge on any atom is 0.161 e. The number of nitrogens with one attached hydrogen (secondary N) is 1. The van der Waals surface area contributed by atoms with Gasteiger partial charge in [0.25, 0.3) is 0 Å². The summed E-state index contributed by atoms with van der Waals surface area (Å²) in [5, 5.41) is 13.8. The molecule has 3 rings (SSSR count). The molecule has 0 saturated carbocycles. The highest BCUT2D eigenvalue weighted by molar-refractivity contribution is 6.31. The Balaban J connectivity index is 1.32. The Labute approximate surface area is 152 Å². The van der Waals surface area contributed by atoms with Gasteiger partial charge in [-0.1, -0.05) is 41.9 Å². The Morgan fingerprint density at radius 2 is 1.92 bits per heavy atom. The lowest BCUT2D eigenvalue weighted by molar-refractivity contribution is 0.0259. The van der Waals surface area contributed by atoms with Crippen molar-refractivity contribution >= 4 is 11.6 Å². The van der Waals surface area contributed by atoms with Gasteiger partial charge in [-0.2, -0.15) is 0 Å². The first-order valence-electron chi connectivity index (χ1n) is 8.31. The minimum Gasteiger partial charge on any atom is -0.486 e. The van der Waals surface area contributed by atoms with Crippen LogP contribution in [0.15, 0.2) is 48.5 Å². The summed E-state index contributed by atoms with van der Waals surface area (Å²) in [4.78, 5) is 0. The number of rotatable bonds is 8. The van der Waals surface area contributed by atoms with E-state index in [1.165, 1.54) is 0 Å². The molecule has 0 amide bonds. The van der Waals surface area contributed by atoms with Gasteiger partial charge in [-0.05, 0) is 23.8 Å². The van der Waals surface area contributed by atoms with Crippen molar-refractivity contribution in [2.75, 3.05) is 26.3 Å². The number of para-hydroxylation sites is 2. The smallest absolute Gasteiger partial charge is 0.161 e. The van der Waals surface area contributed by atoms with E-state index < -0.39 is 6.10 Å². The van der Waals surface area contributed by atoms with Crippen LogP contribution < -0.4 is 14.8 Å². The van der Waals surface area contributed by atoms with Crippen molar-refractivity contribution < 1.29 is 19.3 Å². The zero-order valence-electron chi connectivity index (χ0n) is 13.9. The molecule has 1 aliphatic heterocycles. The number of ether oxygens (including phenoxy) is 3. The molecule has 0 aromatic heterocycles. The molecule has 6 heteroatoms. The summed E-state index contributed by atoms with van der Waals surface area (Å²) in [6.07, 6.45) is -0.676. The van der Waals surface area contributed by atoms with Crippen LogP contribution in [-0.2, 0) is 11.3 Å². The molecule has 134 valence electrons. The number of benzene rings is 2. The lowest BCUT2D eigenvalue weighted by Crippen LogP contribution is -2.41. The van der Waals surface area contributed by atoms with Crippen LogP contribution in [0.3, 0.4) is 0 Å². The van der Waals surface area contributed by atoms with E-state index in [1.54, 1.807) is 0 Å². The SMILES string of the molecule is O[C@H](CNC[C@H]1COc2ccccc2O1)COCc1ccccc1Cl. The molecular formula is C19H22ClNO4. The van der Waals surface area contributed by atoms with Crippen LogP contribution in [0.2, 0.25) is 5.02 Å². The van der Waals surface area contributed by atoms with Gasteiger partial charge in [-0.15, -0.1) is 0 Å². The first-order chi connectivity index (χ1) is 12.2. The van der Waals surface area contributed by atoms with Gasteiger partial charge in [0.1, 0.15) is 12.7 Å². The quantitative estimate of drug-likeness (QED) is 0.755. The number of hydrogen-bond acceptors (Lipinski definition) is 5. The van der Waals surface area contributed by atoms with Crippen LogP contribution in [0.1, 0.15) is 5.56 Å². The average molecular weight is 364 g/mol.